The van der Waals surface area contributed by atoms with Crippen LogP contribution in [-0.2, 0) is 11.3 Å². The molecule has 0 aliphatic carbocycles. The van der Waals surface area contributed by atoms with Gasteiger partial charge in [0, 0.05) is 30.9 Å². The Morgan fingerprint density at radius 3 is 3.09 bits per heavy atom. The molecule has 0 aliphatic heterocycles. The summed E-state index contributed by atoms with van der Waals surface area (Å²) in [4.78, 5) is 18.5. The molecule has 0 atom stereocenters. The van der Waals surface area contributed by atoms with E-state index in [0.717, 1.165) is 18.7 Å². The van der Waals surface area contributed by atoms with Crippen LogP contribution in [0.4, 0.5) is 0 Å². The maximum Gasteiger partial charge on any atom is 0.244 e. The Hall–Kier alpha value is -2.82. The summed E-state index contributed by atoms with van der Waals surface area (Å²) in [6.07, 6.45) is 9.45. The number of para-hydroxylation sites is 1. The van der Waals surface area contributed by atoms with Gasteiger partial charge < -0.3 is 14.9 Å². The number of aromatic nitrogens is 3. The molecule has 0 unspecified atom stereocenters. The molecule has 2 heterocycles. The van der Waals surface area contributed by atoms with Crippen molar-refractivity contribution in [1.29, 1.82) is 0 Å². The van der Waals surface area contributed by atoms with Gasteiger partial charge >= 0.3 is 0 Å². The number of carbonyl (C=O) groups excluding carboxylic acids is 1. The standard InChI is InChI=1S/C17H18N4O/c22-17(7-6-15-12-18-13-20-15)19-9-3-10-21-11-8-14-4-1-2-5-16(14)21/h1-2,4-8,11-13H,3,9-10H2,(H,18,20)(H,19,22)/b7-6+. The van der Waals surface area contributed by atoms with Gasteiger partial charge in [-0.05, 0) is 30.0 Å². The smallest absolute Gasteiger partial charge is 0.244 e. The van der Waals surface area contributed by atoms with E-state index in [4.69, 9.17) is 0 Å². The first-order chi connectivity index (χ1) is 10.8. The number of fused-ring (bicyclic) bond motifs is 1. The first-order valence-electron chi connectivity index (χ1n) is 7.31. The second-order valence-corrected chi connectivity index (χ2v) is 5.05. The molecule has 2 aromatic heterocycles. The van der Waals surface area contributed by atoms with Crippen LogP contribution >= 0.6 is 0 Å². The van der Waals surface area contributed by atoms with Crippen LogP contribution < -0.4 is 5.32 Å². The summed E-state index contributed by atoms with van der Waals surface area (Å²) in [7, 11) is 0. The number of aryl methyl sites for hydroxylation is 1. The van der Waals surface area contributed by atoms with E-state index >= 15 is 0 Å². The fraction of sp³-hybridized carbons (Fsp3) is 0.176. The highest BCUT2D eigenvalue weighted by atomic mass is 16.1. The number of H-pyrrole nitrogens is 1. The highest BCUT2D eigenvalue weighted by Gasteiger charge is 2.00. The predicted molar refractivity (Wildman–Crippen MR) is 87.2 cm³/mol. The molecular formula is C17H18N4O. The molecule has 2 N–H and O–H groups in total. The van der Waals surface area contributed by atoms with Crippen LogP contribution in [0.2, 0.25) is 0 Å². The topological polar surface area (TPSA) is 62.7 Å². The van der Waals surface area contributed by atoms with Crippen molar-refractivity contribution in [3.05, 3.63) is 60.8 Å². The lowest BCUT2D eigenvalue weighted by Gasteiger charge is -2.06. The molecule has 1 amide bonds. The number of aromatic amines is 1. The number of nitrogens with zero attached hydrogens (tertiary/aromatic N) is 2. The van der Waals surface area contributed by atoms with E-state index in [9.17, 15) is 4.79 Å². The summed E-state index contributed by atoms with van der Waals surface area (Å²) < 4.78 is 2.21. The Morgan fingerprint density at radius 1 is 1.32 bits per heavy atom. The third kappa shape index (κ3) is 3.44. The SMILES string of the molecule is O=C(/C=C/c1cnc[nH]1)NCCCn1ccc2ccccc21. The number of rotatable bonds is 6. The molecule has 0 aliphatic rings. The lowest BCUT2D eigenvalue weighted by atomic mass is 10.2. The third-order valence-corrected chi connectivity index (χ3v) is 3.49. The van der Waals surface area contributed by atoms with E-state index in [-0.39, 0.29) is 5.91 Å². The molecule has 0 saturated carbocycles. The Kier molecular flexibility index (Phi) is 4.34. The van der Waals surface area contributed by atoms with Gasteiger partial charge in [0.2, 0.25) is 5.91 Å². The van der Waals surface area contributed by atoms with Gasteiger partial charge in [0.1, 0.15) is 0 Å². The van der Waals surface area contributed by atoms with Gasteiger partial charge in [0.15, 0.2) is 0 Å². The average molecular weight is 294 g/mol. The number of benzene rings is 1. The van der Waals surface area contributed by atoms with Crippen molar-refractivity contribution in [2.75, 3.05) is 6.54 Å². The number of hydrogen-bond donors (Lipinski definition) is 2. The maximum absolute atomic E-state index is 11.7. The van der Waals surface area contributed by atoms with Crippen LogP contribution in [0, 0.1) is 0 Å². The molecule has 5 heteroatoms. The van der Waals surface area contributed by atoms with Crippen molar-refractivity contribution in [2.45, 2.75) is 13.0 Å². The fourth-order valence-electron chi connectivity index (χ4n) is 2.38. The largest absolute Gasteiger partial charge is 0.352 e. The van der Waals surface area contributed by atoms with Crippen molar-refractivity contribution in [3.63, 3.8) is 0 Å². The third-order valence-electron chi connectivity index (χ3n) is 3.49. The van der Waals surface area contributed by atoms with E-state index < -0.39 is 0 Å². The number of imidazole rings is 1. The summed E-state index contributed by atoms with van der Waals surface area (Å²) in [6, 6.07) is 10.4. The second-order valence-electron chi connectivity index (χ2n) is 5.05. The first kappa shape index (κ1) is 14.1. The van der Waals surface area contributed by atoms with Crippen LogP contribution in [-0.4, -0.2) is 27.0 Å². The van der Waals surface area contributed by atoms with Gasteiger partial charge in [-0.15, -0.1) is 0 Å². The van der Waals surface area contributed by atoms with Gasteiger partial charge in [-0.1, -0.05) is 18.2 Å². The minimum absolute atomic E-state index is 0.0908. The summed E-state index contributed by atoms with van der Waals surface area (Å²) in [6.45, 7) is 1.54. The van der Waals surface area contributed by atoms with Gasteiger partial charge in [0.05, 0.1) is 18.2 Å². The fourth-order valence-corrected chi connectivity index (χ4v) is 2.38. The van der Waals surface area contributed by atoms with Crippen molar-refractivity contribution in [2.24, 2.45) is 0 Å². The molecule has 22 heavy (non-hydrogen) atoms. The number of nitrogens with one attached hydrogen (secondary N) is 2. The van der Waals surface area contributed by atoms with E-state index in [0.29, 0.717) is 6.54 Å². The molecule has 112 valence electrons. The van der Waals surface area contributed by atoms with E-state index in [1.807, 2.05) is 12.1 Å². The van der Waals surface area contributed by atoms with Crippen LogP contribution in [0.1, 0.15) is 12.1 Å². The van der Waals surface area contributed by atoms with Gasteiger partial charge in [-0.3, -0.25) is 4.79 Å². The molecule has 0 spiro atoms. The Balaban J connectivity index is 1.44. The van der Waals surface area contributed by atoms with Crippen molar-refractivity contribution < 1.29 is 4.79 Å². The summed E-state index contributed by atoms with van der Waals surface area (Å²) in [5.41, 5.74) is 2.04. The molecule has 1 aromatic carbocycles. The second kappa shape index (κ2) is 6.76. The molecule has 0 bridgehead atoms. The highest BCUT2D eigenvalue weighted by molar-refractivity contribution is 5.91. The van der Waals surface area contributed by atoms with Crippen molar-refractivity contribution in [1.82, 2.24) is 19.9 Å². The first-order valence-corrected chi connectivity index (χ1v) is 7.31. The van der Waals surface area contributed by atoms with E-state index in [1.54, 1.807) is 18.6 Å². The van der Waals surface area contributed by atoms with Crippen LogP contribution in [0.25, 0.3) is 17.0 Å². The number of hydrogen-bond acceptors (Lipinski definition) is 2. The minimum Gasteiger partial charge on any atom is -0.352 e. The summed E-state index contributed by atoms with van der Waals surface area (Å²) in [5, 5.41) is 4.13. The monoisotopic (exact) mass is 294 g/mol. The molecule has 3 aromatic rings. The predicted octanol–water partition coefficient (Wildman–Crippen LogP) is 2.58. The van der Waals surface area contributed by atoms with Crippen LogP contribution in [0.3, 0.4) is 0 Å². The minimum atomic E-state index is -0.0908. The zero-order valence-corrected chi connectivity index (χ0v) is 12.2. The lowest BCUT2D eigenvalue weighted by Crippen LogP contribution is -2.23. The molecule has 0 radical (unpaired) electrons. The Labute approximate surface area is 128 Å². The molecule has 0 saturated heterocycles. The van der Waals surface area contributed by atoms with E-state index in [1.165, 1.54) is 17.0 Å². The molecule has 0 fully saturated rings. The molecule has 3 rings (SSSR count). The van der Waals surface area contributed by atoms with E-state index in [2.05, 4.69) is 44.2 Å². The van der Waals surface area contributed by atoms with Gasteiger partial charge in [0.25, 0.3) is 0 Å². The van der Waals surface area contributed by atoms with Crippen molar-refractivity contribution in [3.8, 4) is 0 Å². The number of carbonyl (C=O) groups is 1. The van der Waals surface area contributed by atoms with Gasteiger partial charge in [-0.25, -0.2) is 4.98 Å². The molecule has 5 nitrogen and oxygen atoms in total. The lowest BCUT2D eigenvalue weighted by molar-refractivity contribution is -0.116. The number of amides is 1. The Bertz CT molecular complexity index is 771. The summed E-state index contributed by atoms with van der Waals surface area (Å²) >= 11 is 0. The normalized spacial score (nSPS) is 11.3. The van der Waals surface area contributed by atoms with Crippen molar-refractivity contribution >= 4 is 22.9 Å². The summed E-state index contributed by atoms with van der Waals surface area (Å²) in [5.74, 6) is -0.0908. The average Bonchev–Trinajstić information content (AvgIpc) is 3.19. The van der Waals surface area contributed by atoms with Crippen LogP contribution in [0.15, 0.2) is 55.1 Å². The quantitative estimate of drug-likeness (QED) is 0.542. The highest BCUT2D eigenvalue weighted by Crippen LogP contribution is 2.15. The molecular weight excluding hydrogens is 276 g/mol. The zero-order chi connectivity index (χ0) is 15.2. The zero-order valence-electron chi connectivity index (χ0n) is 12.2. The maximum atomic E-state index is 11.7. The Morgan fingerprint density at radius 2 is 2.23 bits per heavy atom. The van der Waals surface area contributed by atoms with Gasteiger partial charge in [-0.2, -0.15) is 0 Å². The van der Waals surface area contributed by atoms with Crippen LogP contribution in [0.5, 0.6) is 0 Å².